The Labute approximate surface area is 87.2 Å². The van der Waals surface area contributed by atoms with Gasteiger partial charge in [0.15, 0.2) is 0 Å². The molecule has 2 atom stereocenters. The zero-order valence-electron chi connectivity index (χ0n) is 9.15. The van der Waals surface area contributed by atoms with E-state index in [1.165, 1.54) is 38.9 Å². The molecule has 1 aliphatic carbocycles. The SMILES string of the molecule is CC(N)C1CCN(CC2CC=CC2)C1. The van der Waals surface area contributed by atoms with E-state index in [-0.39, 0.29) is 0 Å². The Morgan fingerprint density at radius 3 is 2.71 bits per heavy atom. The van der Waals surface area contributed by atoms with Gasteiger partial charge in [0.2, 0.25) is 0 Å². The number of nitrogens with zero attached hydrogens (tertiary/aromatic N) is 1. The average molecular weight is 194 g/mol. The number of likely N-dealkylation sites (tertiary alicyclic amines) is 1. The summed E-state index contributed by atoms with van der Waals surface area (Å²) < 4.78 is 0. The Bertz CT molecular complexity index is 202. The fraction of sp³-hybridized carbons (Fsp3) is 0.833. The summed E-state index contributed by atoms with van der Waals surface area (Å²) in [4.78, 5) is 2.60. The van der Waals surface area contributed by atoms with E-state index in [0.29, 0.717) is 6.04 Å². The van der Waals surface area contributed by atoms with Crippen LogP contribution in [0.1, 0.15) is 26.2 Å². The summed E-state index contributed by atoms with van der Waals surface area (Å²) in [5, 5.41) is 0. The summed E-state index contributed by atoms with van der Waals surface area (Å²) in [5.74, 6) is 1.63. The quantitative estimate of drug-likeness (QED) is 0.692. The zero-order chi connectivity index (χ0) is 9.97. The molecule has 0 spiro atoms. The summed E-state index contributed by atoms with van der Waals surface area (Å²) in [7, 11) is 0. The predicted octanol–water partition coefficient (Wildman–Crippen LogP) is 1.62. The zero-order valence-corrected chi connectivity index (χ0v) is 9.15. The van der Waals surface area contributed by atoms with Gasteiger partial charge in [0.1, 0.15) is 0 Å². The molecule has 2 unspecified atom stereocenters. The Kier molecular flexibility index (Phi) is 3.24. The van der Waals surface area contributed by atoms with E-state index in [0.717, 1.165) is 11.8 Å². The molecule has 0 aromatic rings. The minimum atomic E-state index is 0.377. The third-order valence-electron chi connectivity index (χ3n) is 3.67. The van der Waals surface area contributed by atoms with E-state index in [9.17, 15) is 0 Å². The molecule has 1 saturated heterocycles. The van der Waals surface area contributed by atoms with E-state index in [1.54, 1.807) is 0 Å². The fourth-order valence-corrected chi connectivity index (χ4v) is 2.65. The minimum Gasteiger partial charge on any atom is -0.328 e. The second-order valence-electron chi connectivity index (χ2n) is 4.98. The first-order chi connectivity index (χ1) is 6.75. The van der Waals surface area contributed by atoms with E-state index in [4.69, 9.17) is 5.73 Å². The summed E-state index contributed by atoms with van der Waals surface area (Å²) in [6, 6.07) is 0.377. The lowest BCUT2D eigenvalue weighted by Crippen LogP contribution is -2.31. The summed E-state index contributed by atoms with van der Waals surface area (Å²) >= 11 is 0. The van der Waals surface area contributed by atoms with Gasteiger partial charge >= 0.3 is 0 Å². The average Bonchev–Trinajstić information content (AvgIpc) is 2.75. The van der Waals surface area contributed by atoms with Crippen LogP contribution in [0, 0.1) is 11.8 Å². The van der Waals surface area contributed by atoms with Crippen LogP contribution in [-0.4, -0.2) is 30.6 Å². The van der Waals surface area contributed by atoms with Crippen LogP contribution >= 0.6 is 0 Å². The normalized spacial score (nSPS) is 31.4. The van der Waals surface area contributed by atoms with E-state index in [2.05, 4.69) is 24.0 Å². The van der Waals surface area contributed by atoms with Crippen LogP contribution in [0.2, 0.25) is 0 Å². The highest BCUT2D eigenvalue weighted by molar-refractivity contribution is 4.95. The third-order valence-corrected chi connectivity index (χ3v) is 3.67. The van der Waals surface area contributed by atoms with Gasteiger partial charge in [0.05, 0.1) is 0 Å². The van der Waals surface area contributed by atoms with Crippen molar-refractivity contribution in [3.05, 3.63) is 12.2 Å². The van der Waals surface area contributed by atoms with Gasteiger partial charge in [-0.3, -0.25) is 0 Å². The maximum Gasteiger partial charge on any atom is 0.00514 e. The Morgan fingerprint density at radius 1 is 1.43 bits per heavy atom. The van der Waals surface area contributed by atoms with Crippen molar-refractivity contribution in [3.63, 3.8) is 0 Å². The van der Waals surface area contributed by atoms with E-state index >= 15 is 0 Å². The molecule has 0 radical (unpaired) electrons. The first-order valence-electron chi connectivity index (χ1n) is 5.88. The highest BCUT2D eigenvalue weighted by atomic mass is 15.1. The molecule has 1 fully saturated rings. The Hall–Kier alpha value is -0.340. The van der Waals surface area contributed by atoms with Crippen molar-refractivity contribution >= 4 is 0 Å². The largest absolute Gasteiger partial charge is 0.328 e. The van der Waals surface area contributed by atoms with Crippen LogP contribution in [0.4, 0.5) is 0 Å². The smallest absolute Gasteiger partial charge is 0.00514 e. The molecular formula is C12H22N2. The first-order valence-corrected chi connectivity index (χ1v) is 5.88. The molecule has 2 heteroatoms. The molecule has 1 aliphatic heterocycles. The summed E-state index contributed by atoms with van der Waals surface area (Å²) in [5.41, 5.74) is 5.93. The topological polar surface area (TPSA) is 29.3 Å². The van der Waals surface area contributed by atoms with Crippen LogP contribution in [0.15, 0.2) is 12.2 Å². The van der Waals surface area contributed by atoms with Gasteiger partial charge in [0, 0.05) is 19.1 Å². The Morgan fingerprint density at radius 2 is 2.14 bits per heavy atom. The number of rotatable bonds is 3. The lowest BCUT2D eigenvalue weighted by Gasteiger charge is -2.21. The van der Waals surface area contributed by atoms with Crippen LogP contribution in [0.5, 0.6) is 0 Å². The van der Waals surface area contributed by atoms with Crippen molar-refractivity contribution in [2.24, 2.45) is 17.6 Å². The van der Waals surface area contributed by atoms with Crippen molar-refractivity contribution in [2.45, 2.75) is 32.2 Å². The molecule has 2 rings (SSSR count). The van der Waals surface area contributed by atoms with Crippen LogP contribution in [0.3, 0.4) is 0 Å². The standard InChI is InChI=1S/C12H22N2/c1-10(13)12-6-7-14(9-12)8-11-4-2-3-5-11/h2-3,10-12H,4-9,13H2,1H3. The highest BCUT2D eigenvalue weighted by Crippen LogP contribution is 2.24. The monoisotopic (exact) mass is 194 g/mol. The fourth-order valence-electron chi connectivity index (χ4n) is 2.65. The van der Waals surface area contributed by atoms with Crippen molar-refractivity contribution in [3.8, 4) is 0 Å². The molecule has 1 heterocycles. The van der Waals surface area contributed by atoms with Crippen LogP contribution in [0.25, 0.3) is 0 Å². The first kappa shape index (κ1) is 10.2. The Balaban J connectivity index is 1.73. The third kappa shape index (κ3) is 2.37. The predicted molar refractivity (Wildman–Crippen MR) is 60.1 cm³/mol. The molecule has 0 bridgehead atoms. The molecule has 0 saturated carbocycles. The maximum absolute atomic E-state index is 5.93. The molecule has 80 valence electrons. The molecule has 2 aliphatic rings. The number of allylic oxidation sites excluding steroid dienone is 2. The molecule has 14 heavy (non-hydrogen) atoms. The minimum absolute atomic E-state index is 0.377. The van der Waals surface area contributed by atoms with Gasteiger partial charge in [-0.2, -0.15) is 0 Å². The van der Waals surface area contributed by atoms with E-state index in [1.807, 2.05) is 0 Å². The molecule has 0 aromatic carbocycles. The van der Waals surface area contributed by atoms with Gasteiger partial charge in [-0.05, 0) is 44.6 Å². The second-order valence-corrected chi connectivity index (χ2v) is 4.98. The lowest BCUT2D eigenvalue weighted by molar-refractivity contribution is 0.269. The van der Waals surface area contributed by atoms with Crippen molar-refractivity contribution in [2.75, 3.05) is 19.6 Å². The van der Waals surface area contributed by atoms with Gasteiger partial charge in [-0.15, -0.1) is 0 Å². The molecule has 2 nitrogen and oxygen atoms in total. The van der Waals surface area contributed by atoms with Gasteiger partial charge in [-0.1, -0.05) is 12.2 Å². The second kappa shape index (κ2) is 4.45. The van der Waals surface area contributed by atoms with Crippen molar-refractivity contribution < 1.29 is 0 Å². The van der Waals surface area contributed by atoms with Crippen LogP contribution in [-0.2, 0) is 0 Å². The van der Waals surface area contributed by atoms with Gasteiger partial charge < -0.3 is 10.6 Å². The van der Waals surface area contributed by atoms with E-state index < -0.39 is 0 Å². The molecule has 0 aromatic heterocycles. The number of nitrogens with two attached hydrogens (primary N) is 1. The maximum atomic E-state index is 5.93. The molecular weight excluding hydrogens is 172 g/mol. The van der Waals surface area contributed by atoms with Crippen molar-refractivity contribution in [1.82, 2.24) is 4.90 Å². The molecule has 2 N–H and O–H groups in total. The summed E-state index contributed by atoms with van der Waals surface area (Å²) in [6.07, 6.45) is 8.53. The summed E-state index contributed by atoms with van der Waals surface area (Å²) in [6.45, 7) is 5.93. The number of hydrogen-bond donors (Lipinski definition) is 1. The molecule has 0 amide bonds. The van der Waals surface area contributed by atoms with Gasteiger partial charge in [-0.25, -0.2) is 0 Å². The highest BCUT2D eigenvalue weighted by Gasteiger charge is 2.26. The van der Waals surface area contributed by atoms with Crippen molar-refractivity contribution in [1.29, 1.82) is 0 Å². The lowest BCUT2D eigenvalue weighted by atomic mass is 10.0. The van der Waals surface area contributed by atoms with Gasteiger partial charge in [0.25, 0.3) is 0 Å². The van der Waals surface area contributed by atoms with Crippen LogP contribution < -0.4 is 5.73 Å². The number of hydrogen-bond acceptors (Lipinski definition) is 2.